The van der Waals surface area contributed by atoms with Gasteiger partial charge in [0.05, 0.1) is 4.47 Å². The maximum absolute atomic E-state index is 13.3. The highest BCUT2D eigenvalue weighted by atomic mass is 79.9. The average Bonchev–Trinajstić information content (AvgIpc) is 2.31. The lowest BCUT2D eigenvalue weighted by molar-refractivity contribution is 0.300. The van der Waals surface area contributed by atoms with Crippen LogP contribution in [0.3, 0.4) is 0 Å². The Kier molecular flexibility index (Phi) is 4.57. The standard InChI is InChI=1S/C14H19BrFN/c1-10-4-2-6-12(8-10)17-9-11-5-3-7-13(16)14(11)15/h3,5,7,10,12,17H,2,4,6,8-9H2,1H3. The fourth-order valence-electron chi connectivity index (χ4n) is 2.56. The van der Waals surface area contributed by atoms with E-state index in [2.05, 4.69) is 28.2 Å². The highest BCUT2D eigenvalue weighted by molar-refractivity contribution is 9.10. The summed E-state index contributed by atoms with van der Waals surface area (Å²) in [6, 6.07) is 5.80. The van der Waals surface area contributed by atoms with E-state index in [1.165, 1.54) is 31.7 Å². The molecule has 3 heteroatoms. The van der Waals surface area contributed by atoms with Gasteiger partial charge in [-0.25, -0.2) is 4.39 Å². The maximum atomic E-state index is 13.3. The van der Waals surface area contributed by atoms with Crippen LogP contribution in [-0.4, -0.2) is 6.04 Å². The van der Waals surface area contributed by atoms with Crippen LogP contribution < -0.4 is 5.32 Å². The van der Waals surface area contributed by atoms with Crippen LogP contribution in [0.25, 0.3) is 0 Å². The minimum absolute atomic E-state index is 0.179. The summed E-state index contributed by atoms with van der Waals surface area (Å²) in [7, 11) is 0. The lowest BCUT2D eigenvalue weighted by Gasteiger charge is -2.27. The molecule has 1 N–H and O–H groups in total. The molecule has 0 saturated heterocycles. The van der Waals surface area contributed by atoms with E-state index < -0.39 is 0 Å². The van der Waals surface area contributed by atoms with Gasteiger partial charge < -0.3 is 5.32 Å². The molecule has 1 aliphatic rings. The molecule has 1 fully saturated rings. The summed E-state index contributed by atoms with van der Waals surface area (Å²) < 4.78 is 13.9. The SMILES string of the molecule is CC1CCCC(NCc2cccc(F)c2Br)C1. The molecule has 0 bridgehead atoms. The number of halogens is 2. The van der Waals surface area contributed by atoms with Gasteiger partial charge in [0.15, 0.2) is 0 Å². The zero-order valence-electron chi connectivity index (χ0n) is 10.2. The van der Waals surface area contributed by atoms with Gasteiger partial charge in [-0.05, 0) is 46.3 Å². The Hall–Kier alpha value is -0.410. The van der Waals surface area contributed by atoms with Crippen molar-refractivity contribution in [1.82, 2.24) is 5.32 Å². The van der Waals surface area contributed by atoms with E-state index in [4.69, 9.17) is 0 Å². The molecule has 1 aliphatic carbocycles. The van der Waals surface area contributed by atoms with Crippen molar-refractivity contribution in [2.24, 2.45) is 5.92 Å². The van der Waals surface area contributed by atoms with E-state index in [0.717, 1.165) is 18.0 Å². The van der Waals surface area contributed by atoms with Crippen molar-refractivity contribution < 1.29 is 4.39 Å². The van der Waals surface area contributed by atoms with E-state index in [9.17, 15) is 4.39 Å². The Morgan fingerprint density at radius 2 is 2.24 bits per heavy atom. The number of benzene rings is 1. The van der Waals surface area contributed by atoms with Gasteiger partial charge in [0, 0.05) is 12.6 Å². The van der Waals surface area contributed by atoms with Crippen molar-refractivity contribution in [1.29, 1.82) is 0 Å². The Morgan fingerprint density at radius 1 is 1.41 bits per heavy atom. The highest BCUT2D eigenvalue weighted by Gasteiger charge is 2.18. The van der Waals surface area contributed by atoms with Crippen molar-refractivity contribution in [3.8, 4) is 0 Å². The lowest BCUT2D eigenvalue weighted by Crippen LogP contribution is -2.33. The first-order valence-corrected chi connectivity index (χ1v) is 7.12. The molecule has 17 heavy (non-hydrogen) atoms. The van der Waals surface area contributed by atoms with Crippen LogP contribution in [0.2, 0.25) is 0 Å². The van der Waals surface area contributed by atoms with Gasteiger partial charge in [-0.2, -0.15) is 0 Å². The number of rotatable bonds is 3. The van der Waals surface area contributed by atoms with Crippen LogP contribution in [0.15, 0.2) is 22.7 Å². The summed E-state index contributed by atoms with van der Waals surface area (Å²) in [5, 5.41) is 3.54. The molecule has 1 aromatic rings. The molecule has 94 valence electrons. The predicted octanol–water partition coefficient (Wildman–Crippen LogP) is 4.26. The van der Waals surface area contributed by atoms with Gasteiger partial charge in [-0.3, -0.25) is 0 Å². The van der Waals surface area contributed by atoms with Gasteiger partial charge in [-0.15, -0.1) is 0 Å². The summed E-state index contributed by atoms with van der Waals surface area (Å²) in [4.78, 5) is 0. The molecule has 0 amide bonds. The monoisotopic (exact) mass is 299 g/mol. The van der Waals surface area contributed by atoms with E-state index in [1.807, 2.05) is 6.07 Å². The molecule has 0 aromatic heterocycles. The summed E-state index contributed by atoms with van der Waals surface area (Å²) in [6.07, 6.45) is 5.15. The quantitative estimate of drug-likeness (QED) is 0.879. The Bertz CT molecular complexity index is 380. The van der Waals surface area contributed by atoms with Gasteiger partial charge >= 0.3 is 0 Å². The Balaban J connectivity index is 1.91. The van der Waals surface area contributed by atoms with Gasteiger partial charge in [-0.1, -0.05) is 31.9 Å². The fourth-order valence-corrected chi connectivity index (χ4v) is 2.96. The first-order valence-electron chi connectivity index (χ1n) is 6.33. The second kappa shape index (κ2) is 5.96. The van der Waals surface area contributed by atoms with Crippen LogP contribution in [0.4, 0.5) is 4.39 Å². The largest absolute Gasteiger partial charge is 0.310 e. The van der Waals surface area contributed by atoms with Crippen molar-refractivity contribution in [3.63, 3.8) is 0 Å². The second-order valence-electron chi connectivity index (χ2n) is 5.06. The van der Waals surface area contributed by atoms with E-state index in [1.54, 1.807) is 6.07 Å². The minimum atomic E-state index is -0.179. The molecule has 1 nitrogen and oxygen atoms in total. The third kappa shape index (κ3) is 3.52. The summed E-state index contributed by atoms with van der Waals surface area (Å²) in [5.74, 6) is 0.638. The highest BCUT2D eigenvalue weighted by Crippen LogP contribution is 2.25. The van der Waals surface area contributed by atoms with E-state index in [0.29, 0.717) is 10.5 Å². The first-order chi connectivity index (χ1) is 8.16. The van der Waals surface area contributed by atoms with Gasteiger partial charge in [0.2, 0.25) is 0 Å². The predicted molar refractivity (Wildman–Crippen MR) is 72.4 cm³/mol. The van der Waals surface area contributed by atoms with E-state index >= 15 is 0 Å². The van der Waals surface area contributed by atoms with Gasteiger partial charge in [0.25, 0.3) is 0 Å². The van der Waals surface area contributed by atoms with E-state index in [-0.39, 0.29) is 5.82 Å². The number of hydrogen-bond acceptors (Lipinski definition) is 1. The van der Waals surface area contributed by atoms with Crippen LogP contribution in [0.5, 0.6) is 0 Å². The van der Waals surface area contributed by atoms with Crippen molar-refractivity contribution in [3.05, 3.63) is 34.1 Å². The van der Waals surface area contributed by atoms with Crippen LogP contribution >= 0.6 is 15.9 Å². The average molecular weight is 300 g/mol. The minimum Gasteiger partial charge on any atom is -0.310 e. The van der Waals surface area contributed by atoms with Crippen LogP contribution in [0, 0.1) is 11.7 Å². The normalized spacial score (nSPS) is 24.9. The molecule has 2 unspecified atom stereocenters. The molecule has 1 saturated carbocycles. The molecular formula is C14H19BrFN. The van der Waals surface area contributed by atoms with Gasteiger partial charge in [0.1, 0.15) is 5.82 Å². The molecule has 2 atom stereocenters. The van der Waals surface area contributed by atoms with Crippen LogP contribution in [-0.2, 0) is 6.54 Å². The maximum Gasteiger partial charge on any atom is 0.137 e. The molecule has 0 aliphatic heterocycles. The Labute approximate surface area is 111 Å². The molecule has 1 aromatic carbocycles. The number of hydrogen-bond donors (Lipinski definition) is 1. The first kappa shape index (κ1) is 13.0. The molecule has 0 spiro atoms. The van der Waals surface area contributed by atoms with Crippen molar-refractivity contribution >= 4 is 15.9 Å². The van der Waals surface area contributed by atoms with Crippen molar-refractivity contribution in [2.75, 3.05) is 0 Å². The second-order valence-corrected chi connectivity index (χ2v) is 5.86. The fraction of sp³-hybridized carbons (Fsp3) is 0.571. The summed E-state index contributed by atoms with van der Waals surface area (Å²) in [5.41, 5.74) is 1.00. The molecule has 0 heterocycles. The molecular weight excluding hydrogens is 281 g/mol. The zero-order chi connectivity index (χ0) is 12.3. The van der Waals surface area contributed by atoms with Crippen LogP contribution in [0.1, 0.15) is 38.2 Å². The smallest absolute Gasteiger partial charge is 0.137 e. The topological polar surface area (TPSA) is 12.0 Å². The van der Waals surface area contributed by atoms with Crippen molar-refractivity contribution in [2.45, 2.75) is 45.2 Å². The summed E-state index contributed by atoms with van der Waals surface area (Å²) in [6.45, 7) is 3.06. The third-order valence-corrected chi connectivity index (χ3v) is 4.44. The molecule has 2 rings (SSSR count). The lowest BCUT2D eigenvalue weighted by atomic mass is 9.87. The zero-order valence-corrected chi connectivity index (χ0v) is 11.8. The molecule has 0 radical (unpaired) electrons. The third-order valence-electron chi connectivity index (χ3n) is 3.55. The Morgan fingerprint density at radius 3 is 3.00 bits per heavy atom. The number of nitrogens with one attached hydrogen (secondary N) is 1. The summed E-state index contributed by atoms with van der Waals surface area (Å²) >= 11 is 3.30.